The molecule has 0 heterocycles. The number of aliphatic hydroxyl groups is 1. The SMILES string of the molecule is OC(C1=CCCCC1)c1c(F)cc(F)cc1F. The molecule has 1 aliphatic carbocycles. The zero-order valence-corrected chi connectivity index (χ0v) is 9.22. The first-order valence-electron chi connectivity index (χ1n) is 5.61. The average Bonchev–Trinajstić information content (AvgIpc) is 2.28. The predicted molar refractivity (Wildman–Crippen MR) is 57.8 cm³/mol. The van der Waals surface area contributed by atoms with E-state index in [9.17, 15) is 18.3 Å². The van der Waals surface area contributed by atoms with Gasteiger partial charge >= 0.3 is 0 Å². The van der Waals surface area contributed by atoms with Crippen LogP contribution >= 0.6 is 0 Å². The third-order valence-electron chi connectivity index (χ3n) is 2.99. The first kappa shape index (κ1) is 12.2. The molecule has 1 atom stereocenters. The van der Waals surface area contributed by atoms with Gasteiger partial charge < -0.3 is 5.11 Å². The summed E-state index contributed by atoms with van der Waals surface area (Å²) in [6.45, 7) is 0. The second-order valence-electron chi connectivity index (χ2n) is 4.21. The molecule has 0 aliphatic heterocycles. The number of hydrogen-bond donors (Lipinski definition) is 1. The molecule has 0 radical (unpaired) electrons. The highest BCUT2D eigenvalue weighted by Crippen LogP contribution is 2.32. The van der Waals surface area contributed by atoms with Gasteiger partial charge in [0, 0.05) is 12.1 Å². The van der Waals surface area contributed by atoms with E-state index in [1.54, 1.807) is 6.08 Å². The molecule has 2 rings (SSSR count). The van der Waals surface area contributed by atoms with E-state index in [0.717, 1.165) is 19.3 Å². The smallest absolute Gasteiger partial charge is 0.135 e. The standard InChI is InChI=1S/C13H13F3O/c14-9-6-10(15)12(11(16)7-9)13(17)8-4-2-1-3-5-8/h4,6-7,13,17H,1-3,5H2. The zero-order chi connectivity index (χ0) is 12.4. The van der Waals surface area contributed by atoms with Crippen molar-refractivity contribution in [2.24, 2.45) is 0 Å². The fraction of sp³-hybridized carbons (Fsp3) is 0.385. The first-order chi connectivity index (χ1) is 8.09. The summed E-state index contributed by atoms with van der Waals surface area (Å²) in [7, 11) is 0. The lowest BCUT2D eigenvalue weighted by Gasteiger charge is -2.19. The van der Waals surface area contributed by atoms with Gasteiger partial charge in [-0.15, -0.1) is 0 Å². The minimum atomic E-state index is -1.31. The third kappa shape index (κ3) is 2.52. The van der Waals surface area contributed by atoms with Gasteiger partial charge in [0.25, 0.3) is 0 Å². The Balaban J connectivity index is 2.36. The lowest BCUT2D eigenvalue weighted by Crippen LogP contribution is -2.09. The topological polar surface area (TPSA) is 20.2 Å². The fourth-order valence-electron chi connectivity index (χ4n) is 2.11. The minimum Gasteiger partial charge on any atom is -0.384 e. The minimum absolute atomic E-state index is 0.459. The molecule has 1 nitrogen and oxygen atoms in total. The summed E-state index contributed by atoms with van der Waals surface area (Å²) < 4.78 is 39.6. The van der Waals surface area contributed by atoms with Crippen LogP contribution in [0.3, 0.4) is 0 Å². The predicted octanol–water partition coefficient (Wildman–Crippen LogP) is 3.64. The van der Waals surface area contributed by atoms with Crippen LogP contribution in [-0.2, 0) is 0 Å². The number of halogens is 3. The monoisotopic (exact) mass is 242 g/mol. The molecule has 17 heavy (non-hydrogen) atoms. The Labute approximate surface area is 97.6 Å². The van der Waals surface area contributed by atoms with Crippen molar-refractivity contribution >= 4 is 0 Å². The largest absolute Gasteiger partial charge is 0.384 e. The van der Waals surface area contributed by atoms with Crippen molar-refractivity contribution in [1.29, 1.82) is 0 Å². The number of aliphatic hydroxyl groups excluding tert-OH is 1. The van der Waals surface area contributed by atoms with Crippen LogP contribution in [-0.4, -0.2) is 5.11 Å². The van der Waals surface area contributed by atoms with Crippen LogP contribution in [0, 0.1) is 17.5 Å². The van der Waals surface area contributed by atoms with E-state index < -0.39 is 29.1 Å². The lowest BCUT2D eigenvalue weighted by atomic mass is 9.91. The fourth-order valence-corrected chi connectivity index (χ4v) is 2.11. The van der Waals surface area contributed by atoms with Crippen molar-refractivity contribution in [1.82, 2.24) is 0 Å². The van der Waals surface area contributed by atoms with Gasteiger partial charge in [0.2, 0.25) is 0 Å². The van der Waals surface area contributed by atoms with Gasteiger partial charge in [-0.05, 0) is 31.3 Å². The molecule has 4 heteroatoms. The zero-order valence-electron chi connectivity index (χ0n) is 9.22. The number of rotatable bonds is 2. The second kappa shape index (κ2) is 4.92. The maximum Gasteiger partial charge on any atom is 0.135 e. The van der Waals surface area contributed by atoms with E-state index in [4.69, 9.17) is 0 Å². The normalized spacial score (nSPS) is 17.8. The highest BCUT2D eigenvalue weighted by molar-refractivity contribution is 5.30. The molecule has 1 aromatic rings. The summed E-state index contributed by atoms with van der Waals surface area (Å²) in [5.41, 5.74) is 0.153. The van der Waals surface area contributed by atoms with Crippen LogP contribution in [0.15, 0.2) is 23.8 Å². The Morgan fingerprint density at radius 3 is 2.24 bits per heavy atom. The number of allylic oxidation sites excluding steroid dienone is 1. The molecule has 0 amide bonds. The van der Waals surface area contributed by atoms with Crippen molar-refractivity contribution < 1.29 is 18.3 Å². The molecule has 1 aliphatic rings. The molecule has 92 valence electrons. The number of hydrogen-bond acceptors (Lipinski definition) is 1. The Bertz CT molecular complexity index is 431. The summed E-state index contributed by atoms with van der Waals surface area (Å²) in [5.74, 6) is -3.06. The van der Waals surface area contributed by atoms with Crippen LogP contribution in [0.2, 0.25) is 0 Å². The Morgan fingerprint density at radius 2 is 1.71 bits per heavy atom. The molecule has 0 saturated heterocycles. The van der Waals surface area contributed by atoms with Crippen molar-refractivity contribution in [2.75, 3.05) is 0 Å². The molecule has 0 bridgehead atoms. The summed E-state index contributed by atoms with van der Waals surface area (Å²) in [6.07, 6.45) is 3.83. The van der Waals surface area contributed by atoms with Crippen molar-refractivity contribution in [3.63, 3.8) is 0 Å². The van der Waals surface area contributed by atoms with Gasteiger partial charge in [0.15, 0.2) is 0 Å². The molecule has 0 aromatic heterocycles. The summed E-state index contributed by atoms with van der Waals surface area (Å²) in [4.78, 5) is 0. The van der Waals surface area contributed by atoms with E-state index in [1.165, 1.54) is 0 Å². The van der Waals surface area contributed by atoms with Crippen LogP contribution in [0.5, 0.6) is 0 Å². The molecule has 1 unspecified atom stereocenters. The van der Waals surface area contributed by atoms with Gasteiger partial charge in [-0.2, -0.15) is 0 Å². The van der Waals surface area contributed by atoms with Crippen LogP contribution in [0.25, 0.3) is 0 Å². The summed E-state index contributed by atoms with van der Waals surface area (Å²) in [5, 5.41) is 9.93. The van der Waals surface area contributed by atoms with Crippen LogP contribution in [0.1, 0.15) is 37.4 Å². The van der Waals surface area contributed by atoms with Crippen LogP contribution < -0.4 is 0 Å². The maximum absolute atomic E-state index is 13.4. The average molecular weight is 242 g/mol. The van der Waals surface area contributed by atoms with Crippen molar-refractivity contribution in [3.8, 4) is 0 Å². The second-order valence-corrected chi connectivity index (χ2v) is 4.21. The Morgan fingerprint density at radius 1 is 1.06 bits per heavy atom. The molecular formula is C13H13F3O. The van der Waals surface area contributed by atoms with E-state index >= 15 is 0 Å². The summed E-state index contributed by atoms with van der Waals surface area (Å²) >= 11 is 0. The summed E-state index contributed by atoms with van der Waals surface area (Å²) in [6, 6.07) is 1.18. The Kier molecular flexibility index (Phi) is 3.52. The lowest BCUT2D eigenvalue weighted by molar-refractivity contribution is 0.197. The van der Waals surface area contributed by atoms with E-state index in [-0.39, 0.29) is 0 Å². The molecule has 1 N–H and O–H groups in total. The highest BCUT2D eigenvalue weighted by atomic mass is 19.1. The number of benzene rings is 1. The van der Waals surface area contributed by atoms with Gasteiger partial charge in [-0.25, -0.2) is 13.2 Å². The Hall–Kier alpha value is -1.29. The van der Waals surface area contributed by atoms with Crippen molar-refractivity contribution in [2.45, 2.75) is 31.8 Å². The van der Waals surface area contributed by atoms with Crippen LogP contribution in [0.4, 0.5) is 13.2 Å². The van der Waals surface area contributed by atoms with Gasteiger partial charge in [0.1, 0.15) is 23.6 Å². The molecule has 0 saturated carbocycles. The third-order valence-corrected chi connectivity index (χ3v) is 2.99. The quantitative estimate of drug-likeness (QED) is 0.785. The van der Waals surface area contributed by atoms with Gasteiger partial charge in [-0.3, -0.25) is 0 Å². The maximum atomic E-state index is 13.4. The molecule has 1 aromatic carbocycles. The van der Waals surface area contributed by atoms with Gasteiger partial charge in [-0.1, -0.05) is 6.08 Å². The van der Waals surface area contributed by atoms with E-state index in [2.05, 4.69) is 0 Å². The highest BCUT2D eigenvalue weighted by Gasteiger charge is 2.23. The van der Waals surface area contributed by atoms with Gasteiger partial charge in [0.05, 0.1) is 5.56 Å². The van der Waals surface area contributed by atoms with E-state index in [0.29, 0.717) is 24.1 Å². The molecule has 0 spiro atoms. The molecular weight excluding hydrogens is 229 g/mol. The van der Waals surface area contributed by atoms with E-state index in [1.807, 2.05) is 0 Å². The van der Waals surface area contributed by atoms with Crippen molar-refractivity contribution in [3.05, 3.63) is 46.8 Å². The molecule has 0 fully saturated rings. The first-order valence-corrected chi connectivity index (χ1v) is 5.61.